The molecule has 0 saturated heterocycles. The van der Waals surface area contributed by atoms with Gasteiger partial charge in [-0.2, -0.15) is 9.97 Å². The molecule has 0 bridgehead atoms. The van der Waals surface area contributed by atoms with Crippen LogP contribution < -0.4 is 66.4 Å². The number of Topliss-reactive ketones (excluding diaryl/α,β-unsaturated/α-hetero) is 2. The van der Waals surface area contributed by atoms with Crippen LogP contribution in [0.3, 0.4) is 0 Å². The molecule has 4 aromatic heterocycles. The van der Waals surface area contributed by atoms with Gasteiger partial charge in [0.15, 0.2) is 22.3 Å². The van der Waals surface area contributed by atoms with Crippen LogP contribution >= 0.6 is 37.2 Å². The number of benzene rings is 2. The van der Waals surface area contributed by atoms with E-state index in [1.54, 1.807) is 31.2 Å². The summed E-state index contributed by atoms with van der Waals surface area (Å²) < 4.78 is 31.1. The number of nitrogens with two attached hydrogens (primary N) is 5. The van der Waals surface area contributed by atoms with Gasteiger partial charge in [0.25, 0.3) is 28.9 Å². The maximum Gasteiger partial charge on any atom is 0.326 e. The van der Waals surface area contributed by atoms with Gasteiger partial charge >= 0.3 is 17.9 Å². The van der Waals surface area contributed by atoms with Crippen molar-refractivity contribution in [3.8, 4) is 0 Å². The molecule has 6 rings (SSSR count). The predicted molar refractivity (Wildman–Crippen MR) is 402 cm³/mol. The van der Waals surface area contributed by atoms with Gasteiger partial charge in [0.05, 0.1) is 103 Å². The number of hydrogen-bond donors (Lipinski definition) is 16. The number of rotatable bonds is 44. The number of ketones is 2. The van der Waals surface area contributed by atoms with Crippen molar-refractivity contribution in [2.75, 3.05) is 128 Å². The first kappa shape index (κ1) is 93.8. The molecule has 21 N–H and O–H groups in total. The first-order chi connectivity index (χ1) is 50.3. The molecule has 4 heterocycles. The highest BCUT2D eigenvalue weighted by Crippen LogP contribution is 2.15. The minimum Gasteiger partial charge on any atom is -0.481 e. The summed E-state index contributed by atoms with van der Waals surface area (Å²) in [6.07, 6.45) is 4.37. The number of nitrogens with one attached hydrogen (secondary N) is 7. The molecule has 0 aliphatic carbocycles. The maximum atomic E-state index is 12.7. The van der Waals surface area contributed by atoms with Crippen LogP contribution in [0.4, 0.5) is 23.3 Å². The number of carboxylic acid groups (broad SMARTS) is 4. The summed E-state index contributed by atoms with van der Waals surface area (Å²) in [7, 11) is 0. The van der Waals surface area contributed by atoms with Crippen molar-refractivity contribution in [1.82, 2.24) is 55.8 Å². The number of nitrogens with zero attached hydrogens (tertiary/aromatic N) is 6. The number of anilines is 4. The Morgan fingerprint density at radius 2 is 0.857 bits per heavy atom. The number of amides is 3. The van der Waals surface area contributed by atoms with Crippen molar-refractivity contribution in [1.29, 1.82) is 0 Å². The third kappa shape index (κ3) is 44.9. The van der Waals surface area contributed by atoms with E-state index in [0.717, 1.165) is 13.3 Å². The van der Waals surface area contributed by atoms with E-state index < -0.39 is 58.9 Å². The first-order valence-corrected chi connectivity index (χ1v) is 38.7. The van der Waals surface area contributed by atoms with Gasteiger partial charge in [0.2, 0.25) is 17.8 Å². The number of carboxylic acids is 4. The number of nitrogen functional groups attached to an aromatic ring is 2. The standard InChI is InChI=1S/C28H36N8O8.C19H19N7O6.C9H19NO3.C6H16N2O2.C2H4O2.I2/c1-17(37)30-10-12-44-14-13-43-11-2-3-21(38)8-9-22(27(41)42)34-25(39)18-4-6-19(7-5-18)31-15-20-16-32-24-23(33-20)26(40)36-28(29)35-24;20-19-25-15-14(17(30)26-19)23-11(8-22-15)7-21-10-3-1-9(2-4-10)16(29)24-12(18(31)32)5-6-13(27)28;1-9(11)3-2-5-12-7-8-13-6-4-10;7-1-3-9-5-6-10-4-2-8;1-2(3)4;1-2/h4-7,16,22,31H,2-3,8-15H2,1H3,(H,30,37)(H,34,39)(H,41,42)(H3,29,32,35,36,40);1-4,8,12,21H,5-7H2,(H,24,29)(H,27,28)(H,31,32)(H3,20,22,25,26,30);2-8,10H2,1H3;1-8H2;1H3,(H,3,4);. The third-order valence-electron chi connectivity index (χ3n) is 12.9. The normalized spacial score (nSPS) is 10.9. The van der Waals surface area contributed by atoms with Crippen LogP contribution in [0, 0.1) is 0 Å². The molecule has 0 saturated carbocycles. The number of fused-ring (bicyclic) bond motifs is 2. The Balaban J connectivity index is 0.000000779. The van der Waals surface area contributed by atoms with Crippen molar-refractivity contribution >= 4 is 136 Å². The number of carbonyl (C=O) groups excluding carboxylic acids is 5. The molecule has 0 radical (unpaired) electrons. The van der Waals surface area contributed by atoms with E-state index in [1.165, 1.54) is 43.6 Å². The summed E-state index contributed by atoms with van der Waals surface area (Å²) in [5.41, 5.74) is 28.6. The third-order valence-corrected chi connectivity index (χ3v) is 12.9. The lowest BCUT2D eigenvalue weighted by Gasteiger charge is -2.14. The molecule has 0 aliphatic rings. The molecule has 6 aromatic rings. The summed E-state index contributed by atoms with van der Waals surface area (Å²) in [6.45, 7) is 12.9. The Hall–Kier alpha value is -9.19. The van der Waals surface area contributed by atoms with Crippen LogP contribution in [0.5, 0.6) is 0 Å². The smallest absolute Gasteiger partial charge is 0.326 e. The summed E-state index contributed by atoms with van der Waals surface area (Å²) in [4.78, 5) is 154. The Kier molecular flexibility index (Phi) is 51.1. The largest absolute Gasteiger partial charge is 0.481 e. The van der Waals surface area contributed by atoms with E-state index in [9.17, 15) is 53.1 Å². The number of aromatic amines is 2. The van der Waals surface area contributed by atoms with E-state index in [0.29, 0.717) is 141 Å². The van der Waals surface area contributed by atoms with Crippen molar-refractivity contribution in [2.24, 2.45) is 17.2 Å². The molecule has 0 spiro atoms. The lowest BCUT2D eigenvalue weighted by molar-refractivity contribution is -0.141. The molecule has 39 nitrogen and oxygen atoms in total. The molecular weight excluding hydrogens is 1610 g/mol. The Morgan fingerprint density at radius 3 is 1.21 bits per heavy atom. The summed E-state index contributed by atoms with van der Waals surface area (Å²) in [5, 5.41) is 48.3. The molecule has 41 heteroatoms. The van der Waals surface area contributed by atoms with E-state index in [4.69, 9.17) is 77.2 Å². The number of halogens is 2. The SMILES string of the molecule is CC(=O)CCCOCCOCCN.CC(=O)NCCOCCOCCCC(=O)CCC(NC(=O)c1ccc(NCc2cnc3nc(N)[nH]c(=O)c3n2)cc1)C(=O)O.CC(=O)O.II.NCCOCCOCCN.Nc1nc2ncc(CNc3ccc(C(=O)NC(CCC(=O)O)C(=O)O)cc3)nc2c(=O)[nH]1. The maximum absolute atomic E-state index is 12.7. The molecule has 2 atom stereocenters. The van der Waals surface area contributed by atoms with Crippen LogP contribution in [0.2, 0.25) is 0 Å². The topological polar surface area (TPSA) is 623 Å². The fraction of sp³-hybridized carbons (Fsp3) is 0.484. The van der Waals surface area contributed by atoms with Gasteiger partial charge in [0, 0.05) is 139 Å². The minimum atomic E-state index is -1.31. The highest BCUT2D eigenvalue weighted by molar-refractivity contribution is 15.0. The summed E-state index contributed by atoms with van der Waals surface area (Å²) in [6, 6.07) is 9.96. The fourth-order valence-electron chi connectivity index (χ4n) is 7.98. The molecule has 0 aliphatic heterocycles. The first-order valence-electron chi connectivity index (χ1n) is 32.4. The van der Waals surface area contributed by atoms with Crippen molar-refractivity contribution in [3.63, 3.8) is 0 Å². The van der Waals surface area contributed by atoms with Crippen LogP contribution in [0.15, 0.2) is 70.5 Å². The van der Waals surface area contributed by atoms with E-state index >= 15 is 0 Å². The zero-order valence-corrected chi connectivity index (χ0v) is 62.7. The second kappa shape index (κ2) is 57.2. The number of aliphatic carboxylic acids is 4. The minimum absolute atomic E-state index is 0.000650. The van der Waals surface area contributed by atoms with Crippen LogP contribution in [-0.4, -0.2) is 231 Å². The van der Waals surface area contributed by atoms with Crippen LogP contribution in [0.25, 0.3) is 22.3 Å². The van der Waals surface area contributed by atoms with Gasteiger partial charge in [0.1, 0.15) is 23.7 Å². The molecule has 0 fully saturated rings. The van der Waals surface area contributed by atoms with Crippen molar-refractivity contribution in [2.45, 2.75) is 97.3 Å². The van der Waals surface area contributed by atoms with Gasteiger partial charge in [-0.05, 0) is 81.1 Å². The van der Waals surface area contributed by atoms with Crippen LogP contribution in [0.1, 0.15) is 104 Å². The fourth-order valence-corrected chi connectivity index (χ4v) is 7.98. The van der Waals surface area contributed by atoms with Gasteiger partial charge in [-0.25, -0.2) is 29.5 Å². The molecule has 2 aromatic carbocycles. The number of aromatic nitrogens is 8. The quantitative estimate of drug-likeness (QED) is 0.0190. The van der Waals surface area contributed by atoms with Crippen LogP contribution in [-0.2, 0) is 75.1 Å². The summed E-state index contributed by atoms with van der Waals surface area (Å²) >= 11 is 4.24. The second-order valence-electron chi connectivity index (χ2n) is 21.5. The molecule has 2 unspecified atom stereocenters. The van der Waals surface area contributed by atoms with Gasteiger partial charge in [-0.1, -0.05) is 0 Å². The Labute approximate surface area is 626 Å². The van der Waals surface area contributed by atoms with E-state index in [1.807, 2.05) is 0 Å². The highest BCUT2D eigenvalue weighted by atomic mass is 128. The number of ether oxygens (including phenoxy) is 6. The zero-order valence-electron chi connectivity index (χ0n) is 58.4. The average molecular weight is 1710 g/mol. The van der Waals surface area contributed by atoms with Gasteiger partial charge < -0.3 is 109 Å². The molecule has 3 amide bonds. The number of hydrogen-bond acceptors (Lipinski definition) is 30. The lowest BCUT2D eigenvalue weighted by Crippen LogP contribution is -2.41. The Morgan fingerprint density at radius 1 is 0.495 bits per heavy atom. The Bertz CT molecular complexity index is 3700. The highest BCUT2D eigenvalue weighted by Gasteiger charge is 2.23. The van der Waals surface area contributed by atoms with E-state index in [-0.39, 0.29) is 108 Å². The lowest BCUT2D eigenvalue weighted by atomic mass is 10.1. The number of carbonyl (C=O) groups is 9. The van der Waals surface area contributed by atoms with Gasteiger partial charge in [-0.3, -0.25) is 48.3 Å². The zero-order chi connectivity index (χ0) is 78.3. The monoisotopic (exact) mass is 1700 g/mol. The van der Waals surface area contributed by atoms with Crippen molar-refractivity contribution in [3.05, 3.63) is 104 Å². The average Bonchev–Trinajstić information content (AvgIpc) is 0.819. The predicted octanol–water partition coefficient (Wildman–Crippen LogP) is 1.49. The van der Waals surface area contributed by atoms with E-state index in [2.05, 4.69) is 104 Å². The summed E-state index contributed by atoms with van der Waals surface area (Å²) in [5.74, 6) is -5.90. The molecular formula is C64H94I2N18O21. The second-order valence-corrected chi connectivity index (χ2v) is 21.5. The van der Waals surface area contributed by atoms with Gasteiger partial charge in [-0.15, -0.1) is 0 Å². The molecule has 580 valence electrons. The number of H-pyrrole nitrogens is 2. The molecule has 105 heavy (non-hydrogen) atoms. The van der Waals surface area contributed by atoms with Crippen molar-refractivity contribution < 1.29 is 92.0 Å².